The number of carbonyl (C=O) groups excluding carboxylic acids is 1. The smallest absolute Gasteiger partial charge is 0.203 e. The third-order valence-electron chi connectivity index (χ3n) is 6.35. The molecule has 1 heterocycles. The third kappa shape index (κ3) is 5.55. The number of hydrogen-bond acceptors (Lipinski definition) is 7. The zero-order valence-corrected chi connectivity index (χ0v) is 22.9. The second-order valence-electron chi connectivity index (χ2n) is 8.57. The highest BCUT2D eigenvalue weighted by atomic mass is 16.5. The highest BCUT2D eigenvalue weighted by Crippen LogP contribution is 2.41. The summed E-state index contributed by atoms with van der Waals surface area (Å²) < 4.78 is 29.5. The summed E-state index contributed by atoms with van der Waals surface area (Å²) in [5.74, 6) is 2.57. The summed E-state index contributed by atoms with van der Waals surface area (Å²) in [4.78, 5) is 13.1. The van der Waals surface area contributed by atoms with Gasteiger partial charge in [-0.2, -0.15) is 0 Å². The van der Waals surface area contributed by atoms with Crippen molar-refractivity contribution >= 4 is 34.5 Å². The number of carbonyl (C=O) groups is 1. The Bertz CT molecular complexity index is 1530. The van der Waals surface area contributed by atoms with E-state index < -0.39 is 0 Å². The van der Waals surface area contributed by atoms with Gasteiger partial charge in [-0.1, -0.05) is 30.4 Å². The third-order valence-corrected chi connectivity index (χ3v) is 6.35. The lowest BCUT2D eigenvalue weighted by molar-refractivity contribution is 0.104. The Morgan fingerprint density at radius 3 is 2.10 bits per heavy atom. The van der Waals surface area contributed by atoms with Crippen LogP contribution in [0.2, 0.25) is 0 Å². The molecule has 4 rings (SSSR count). The molecule has 202 valence electrons. The second-order valence-corrected chi connectivity index (χ2v) is 8.57. The summed E-state index contributed by atoms with van der Waals surface area (Å²) >= 11 is 0. The van der Waals surface area contributed by atoms with Crippen LogP contribution in [0.5, 0.6) is 28.7 Å². The molecule has 0 spiro atoms. The van der Waals surface area contributed by atoms with Crippen molar-refractivity contribution < 1.29 is 28.5 Å². The van der Waals surface area contributed by atoms with Crippen LogP contribution in [-0.2, 0) is 7.05 Å². The summed E-state index contributed by atoms with van der Waals surface area (Å²) in [6.07, 6.45) is 8.80. The zero-order valence-electron chi connectivity index (χ0n) is 22.9. The summed E-state index contributed by atoms with van der Waals surface area (Å²) in [7, 11) is 9.79. The van der Waals surface area contributed by atoms with Crippen LogP contribution < -0.4 is 29.0 Å². The molecule has 0 aliphatic rings. The van der Waals surface area contributed by atoms with Crippen molar-refractivity contribution in [2.45, 2.75) is 0 Å². The number of anilines is 1. The van der Waals surface area contributed by atoms with Gasteiger partial charge in [0.05, 0.1) is 41.2 Å². The number of allylic oxidation sites excluding steroid dienone is 1. The van der Waals surface area contributed by atoms with E-state index in [-0.39, 0.29) is 5.78 Å². The van der Waals surface area contributed by atoms with Gasteiger partial charge in [-0.15, -0.1) is 0 Å². The molecule has 0 aliphatic heterocycles. The molecule has 0 saturated heterocycles. The van der Waals surface area contributed by atoms with Gasteiger partial charge in [0.1, 0.15) is 0 Å². The quantitative estimate of drug-likeness (QED) is 0.141. The molecular weight excluding hydrogens is 496 g/mol. The van der Waals surface area contributed by atoms with Crippen molar-refractivity contribution in [1.82, 2.24) is 4.57 Å². The van der Waals surface area contributed by atoms with Crippen molar-refractivity contribution in [2.75, 3.05) is 40.9 Å². The molecule has 0 radical (unpaired) electrons. The highest BCUT2D eigenvalue weighted by molar-refractivity contribution is 6.13. The van der Waals surface area contributed by atoms with Gasteiger partial charge in [-0.25, -0.2) is 0 Å². The van der Waals surface area contributed by atoms with Crippen molar-refractivity contribution in [2.24, 2.45) is 7.05 Å². The van der Waals surface area contributed by atoms with Crippen LogP contribution in [0.4, 0.5) is 5.69 Å². The molecular formula is C31H32N2O6. The van der Waals surface area contributed by atoms with E-state index >= 15 is 0 Å². The molecule has 39 heavy (non-hydrogen) atoms. The molecule has 8 nitrogen and oxygen atoms in total. The Hall–Kier alpha value is -4.85. The number of rotatable bonds is 11. The first-order chi connectivity index (χ1) is 18.9. The van der Waals surface area contributed by atoms with Gasteiger partial charge in [0.2, 0.25) is 5.75 Å². The summed E-state index contributed by atoms with van der Waals surface area (Å²) in [5.41, 5.74) is 3.92. The minimum atomic E-state index is -0.115. The Morgan fingerprint density at radius 2 is 1.46 bits per heavy atom. The average molecular weight is 529 g/mol. The Balaban J connectivity index is 1.67. The molecule has 1 N–H and O–H groups in total. The minimum Gasteiger partial charge on any atom is -0.493 e. The molecule has 0 unspecified atom stereocenters. The van der Waals surface area contributed by atoms with Crippen molar-refractivity contribution in [1.29, 1.82) is 0 Å². The maximum atomic E-state index is 13.1. The molecule has 0 bridgehead atoms. The molecule has 0 fully saturated rings. The minimum absolute atomic E-state index is 0.115. The van der Waals surface area contributed by atoms with Crippen LogP contribution in [0.25, 0.3) is 23.1 Å². The number of benzene rings is 3. The monoisotopic (exact) mass is 528 g/mol. The van der Waals surface area contributed by atoms with E-state index in [0.717, 1.165) is 22.0 Å². The van der Waals surface area contributed by atoms with Crippen LogP contribution in [0.3, 0.4) is 0 Å². The first kappa shape index (κ1) is 27.2. The summed E-state index contributed by atoms with van der Waals surface area (Å²) in [6.45, 7) is 0. The highest BCUT2D eigenvalue weighted by Gasteiger charge is 2.15. The topological polar surface area (TPSA) is 80.2 Å². The lowest BCUT2D eigenvalue weighted by Gasteiger charge is -2.15. The predicted molar refractivity (Wildman–Crippen MR) is 155 cm³/mol. The Labute approximate surface area is 228 Å². The number of nitrogens with one attached hydrogen (secondary N) is 1. The number of fused-ring (bicyclic) bond motifs is 1. The first-order valence-electron chi connectivity index (χ1n) is 12.2. The maximum Gasteiger partial charge on any atom is 0.203 e. The lowest BCUT2D eigenvalue weighted by atomic mass is 10.1. The van der Waals surface area contributed by atoms with E-state index in [1.54, 1.807) is 41.7 Å². The molecule has 0 amide bonds. The maximum absolute atomic E-state index is 13.1. The second kappa shape index (κ2) is 12.1. The average Bonchev–Trinajstić information content (AvgIpc) is 3.31. The fourth-order valence-corrected chi connectivity index (χ4v) is 4.44. The van der Waals surface area contributed by atoms with Gasteiger partial charge in [0.25, 0.3) is 0 Å². The lowest BCUT2D eigenvalue weighted by Crippen LogP contribution is -2.00. The number of aryl methyl sites for hydroxylation is 1. The van der Waals surface area contributed by atoms with E-state index in [4.69, 9.17) is 23.7 Å². The van der Waals surface area contributed by atoms with Crippen LogP contribution in [0.1, 0.15) is 21.5 Å². The molecule has 0 aliphatic carbocycles. The van der Waals surface area contributed by atoms with Crippen molar-refractivity contribution in [3.8, 4) is 28.7 Å². The zero-order chi connectivity index (χ0) is 27.9. The number of ether oxygens (including phenoxy) is 5. The number of methoxy groups -OCH3 is 5. The van der Waals surface area contributed by atoms with Crippen molar-refractivity contribution in [3.63, 3.8) is 0 Å². The molecule has 0 atom stereocenters. The number of aromatic nitrogens is 1. The van der Waals surface area contributed by atoms with Gasteiger partial charge >= 0.3 is 0 Å². The molecule has 8 heteroatoms. The van der Waals surface area contributed by atoms with Crippen LogP contribution in [-0.4, -0.2) is 45.9 Å². The number of hydrogen-bond donors (Lipinski definition) is 1. The van der Waals surface area contributed by atoms with E-state index in [0.29, 0.717) is 40.0 Å². The molecule has 1 aromatic heterocycles. The normalized spacial score (nSPS) is 11.2. The SMILES string of the molecule is COc1cc(/C=C/c2ccc(OC)c(OC)c2N/C=C\C(=O)c2cn(C)c3ccccc23)cc(OC)c1OC. The van der Waals surface area contributed by atoms with Crippen LogP contribution in [0.15, 0.2) is 67.0 Å². The summed E-state index contributed by atoms with van der Waals surface area (Å²) in [6, 6.07) is 15.2. The van der Waals surface area contributed by atoms with Gasteiger partial charge in [-0.3, -0.25) is 4.79 Å². The molecule has 3 aromatic carbocycles. The number of ketones is 1. The standard InChI is InChI=1S/C31H32N2O6/c1-33-19-23(22-9-7-8-10-24(22)33)25(34)15-16-32-29-21(13-14-26(35-2)31(29)39-6)12-11-20-17-27(36-3)30(38-5)28(18-20)37-4/h7-19,32H,1-6H3/b12-11+,16-15-. The Morgan fingerprint density at radius 1 is 0.795 bits per heavy atom. The van der Waals surface area contributed by atoms with E-state index in [1.165, 1.54) is 6.08 Å². The number of para-hydroxylation sites is 1. The molecule has 4 aromatic rings. The van der Waals surface area contributed by atoms with Gasteiger partial charge < -0.3 is 33.6 Å². The van der Waals surface area contributed by atoms with Crippen molar-refractivity contribution in [3.05, 3.63) is 83.7 Å². The summed E-state index contributed by atoms with van der Waals surface area (Å²) in [5, 5.41) is 4.13. The van der Waals surface area contributed by atoms with E-state index in [1.807, 2.05) is 78.5 Å². The van der Waals surface area contributed by atoms with Gasteiger partial charge in [0.15, 0.2) is 28.8 Å². The predicted octanol–water partition coefficient (Wildman–Crippen LogP) is 6.20. The fraction of sp³-hybridized carbons (Fsp3) is 0.194. The fourth-order valence-electron chi connectivity index (χ4n) is 4.44. The van der Waals surface area contributed by atoms with Crippen LogP contribution >= 0.6 is 0 Å². The van der Waals surface area contributed by atoms with Gasteiger partial charge in [0, 0.05) is 47.6 Å². The molecule has 0 saturated carbocycles. The van der Waals surface area contributed by atoms with E-state index in [9.17, 15) is 4.79 Å². The largest absolute Gasteiger partial charge is 0.493 e. The Kier molecular flexibility index (Phi) is 8.46. The first-order valence-corrected chi connectivity index (χ1v) is 12.2. The number of nitrogens with zero attached hydrogens (tertiary/aromatic N) is 1. The van der Waals surface area contributed by atoms with Crippen LogP contribution in [0, 0.1) is 0 Å². The van der Waals surface area contributed by atoms with Gasteiger partial charge in [-0.05, 0) is 35.9 Å². The van der Waals surface area contributed by atoms with E-state index in [2.05, 4.69) is 5.32 Å².